The quantitative estimate of drug-likeness (QED) is 0.0812. The predicted molar refractivity (Wildman–Crippen MR) is 160 cm³/mol. The SMILES string of the molecule is NC(N)=NCCC[C@@H]1NC(=O)[C@H](Cc2ccc(O)cc2)NC(=O)[C@H](CO)NC(=O)[C@H](Cc2ccccc2)NC(=O)CNC1=O. The summed E-state index contributed by atoms with van der Waals surface area (Å²) in [5, 5.41) is 32.3. The Morgan fingerprint density at radius 1 is 0.727 bits per heavy atom. The van der Waals surface area contributed by atoms with Crippen molar-refractivity contribution in [3.8, 4) is 5.75 Å². The molecule has 5 amide bonds. The van der Waals surface area contributed by atoms with Gasteiger partial charge in [0.05, 0.1) is 13.2 Å². The first-order valence-corrected chi connectivity index (χ1v) is 14.0. The fourth-order valence-corrected chi connectivity index (χ4v) is 4.46. The highest BCUT2D eigenvalue weighted by atomic mass is 16.3. The molecule has 1 heterocycles. The highest BCUT2D eigenvalue weighted by Crippen LogP contribution is 2.12. The van der Waals surface area contributed by atoms with E-state index >= 15 is 0 Å². The minimum absolute atomic E-state index is 0.00177. The number of phenolic OH excluding ortho intramolecular Hbond substituents is 1. The number of aliphatic hydroxyl groups is 1. The zero-order chi connectivity index (χ0) is 32.1. The van der Waals surface area contributed by atoms with E-state index in [1.165, 1.54) is 12.1 Å². The average molecular weight is 611 g/mol. The van der Waals surface area contributed by atoms with Crippen LogP contribution in [0.5, 0.6) is 5.75 Å². The normalized spacial score (nSPS) is 21.8. The number of hydrogen-bond acceptors (Lipinski definition) is 8. The summed E-state index contributed by atoms with van der Waals surface area (Å²) >= 11 is 0. The summed E-state index contributed by atoms with van der Waals surface area (Å²) in [5.74, 6) is -3.87. The molecule has 4 atom stereocenters. The number of benzene rings is 2. The molecule has 1 fully saturated rings. The van der Waals surface area contributed by atoms with Gasteiger partial charge in [-0.25, -0.2) is 0 Å². The molecule has 1 aliphatic heterocycles. The van der Waals surface area contributed by atoms with E-state index in [-0.39, 0.29) is 37.5 Å². The second kappa shape index (κ2) is 16.5. The molecule has 15 heteroatoms. The van der Waals surface area contributed by atoms with Crippen molar-refractivity contribution in [2.45, 2.75) is 49.9 Å². The number of guanidine groups is 1. The Kier molecular flexibility index (Phi) is 12.5. The van der Waals surface area contributed by atoms with Gasteiger partial charge in [0.2, 0.25) is 29.5 Å². The standard InChI is InChI=1S/C29H38N8O7/c30-29(31)32-12-4-7-20-25(41)33-15-24(40)34-21(13-17-5-2-1-3-6-17)26(42)37-23(16-38)28(44)36-22(27(43)35-20)14-18-8-10-19(39)11-9-18/h1-3,5-6,8-11,20-23,38-39H,4,7,12-16H2,(H,33,41)(H,34,40)(H,35,43)(H,36,44)(H,37,42)(H4,30,31,32)/t20-,21-,22-,23-/m0/s1. The van der Waals surface area contributed by atoms with E-state index in [0.717, 1.165) is 0 Å². The minimum atomic E-state index is -1.46. The highest BCUT2D eigenvalue weighted by molar-refractivity contribution is 5.97. The van der Waals surface area contributed by atoms with Gasteiger partial charge in [0.15, 0.2) is 5.96 Å². The van der Waals surface area contributed by atoms with Crippen LogP contribution in [-0.4, -0.2) is 89.6 Å². The summed E-state index contributed by atoms with van der Waals surface area (Å²) in [4.78, 5) is 69.9. The summed E-state index contributed by atoms with van der Waals surface area (Å²) in [7, 11) is 0. The Labute approximate surface area is 253 Å². The van der Waals surface area contributed by atoms with Crippen LogP contribution < -0.4 is 38.1 Å². The smallest absolute Gasteiger partial charge is 0.245 e. The molecule has 0 aliphatic carbocycles. The molecule has 44 heavy (non-hydrogen) atoms. The van der Waals surface area contributed by atoms with E-state index < -0.39 is 66.9 Å². The van der Waals surface area contributed by atoms with Crippen molar-refractivity contribution in [2.75, 3.05) is 19.7 Å². The molecule has 2 aromatic rings. The van der Waals surface area contributed by atoms with Crippen molar-refractivity contribution in [2.24, 2.45) is 16.5 Å². The molecule has 1 saturated heterocycles. The van der Waals surface area contributed by atoms with Crippen LogP contribution in [0.15, 0.2) is 59.6 Å². The number of aromatic hydroxyl groups is 1. The lowest BCUT2D eigenvalue weighted by Crippen LogP contribution is -2.59. The van der Waals surface area contributed by atoms with Crippen molar-refractivity contribution in [1.82, 2.24) is 26.6 Å². The molecule has 0 unspecified atom stereocenters. The lowest BCUT2D eigenvalue weighted by atomic mass is 10.0. The number of rotatable bonds is 9. The zero-order valence-electron chi connectivity index (χ0n) is 24.0. The third-order valence-electron chi connectivity index (χ3n) is 6.76. The van der Waals surface area contributed by atoms with Crippen LogP contribution in [0.4, 0.5) is 0 Å². The van der Waals surface area contributed by atoms with Gasteiger partial charge in [-0.1, -0.05) is 42.5 Å². The highest BCUT2D eigenvalue weighted by Gasteiger charge is 2.32. The molecule has 11 N–H and O–H groups in total. The van der Waals surface area contributed by atoms with Gasteiger partial charge in [-0.2, -0.15) is 0 Å². The summed E-state index contributed by atoms with van der Waals surface area (Å²) in [5.41, 5.74) is 12.0. The van der Waals surface area contributed by atoms with Gasteiger partial charge in [0, 0.05) is 19.4 Å². The first-order valence-electron chi connectivity index (χ1n) is 14.0. The molecule has 15 nitrogen and oxygen atoms in total. The monoisotopic (exact) mass is 610 g/mol. The first kappa shape index (κ1) is 33.3. The van der Waals surface area contributed by atoms with Crippen LogP contribution in [0.2, 0.25) is 0 Å². The Morgan fingerprint density at radius 2 is 1.27 bits per heavy atom. The molecule has 1 aliphatic rings. The molecule has 236 valence electrons. The van der Waals surface area contributed by atoms with E-state index in [2.05, 4.69) is 31.6 Å². The Morgan fingerprint density at radius 3 is 1.89 bits per heavy atom. The Bertz CT molecular complexity index is 1330. The molecule has 0 radical (unpaired) electrons. The Balaban J connectivity index is 1.92. The fourth-order valence-electron chi connectivity index (χ4n) is 4.46. The molecule has 2 aromatic carbocycles. The number of hydrogen-bond donors (Lipinski definition) is 9. The summed E-state index contributed by atoms with van der Waals surface area (Å²) in [6.07, 6.45) is 0.388. The van der Waals surface area contributed by atoms with Gasteiger partial charge in [0.25, 0.3) is 0 Å². The number of nitrogens with two attached hydrogens (primary N) is 2. The van der Waals surface area contributed by atoms with Crippen LogP contribution in [-0.2, 0) is 36.8 Å². The van der Waals surface area contributed by atoms with Gasteiger partial charge in [0.1, 0.15) is 29.9 Å². The van der Waals surface area contributed by atoms with Gasteiger partial charge in [-0.15, -0.1) is 0 Å². The lowest BCUT2D eigenvalue weighted by Gasteiger charge is -2.25. The van der Waals surface area contributed by atoms with Crippen molar-refractivity contribution in [3.05, 3.63) is 65.7 Å². The van der Waals surface area contributed by atoms with Crippen LogP contribution in [0.3, 0.4) is 0 Å². The number of carbonyl (C=O) groups is 5. The van der Waals surface area contributed by atoms with Gasteiger partial charge < -0.3 is 48.3 Å². The van der Waals surface area contributed by atoms with E-state index in [1.807, 2.05) is 0 Å². The van der Waals surface area contributed by atoms with Crippen molar-refractivity contribution in [1.29, 1.82) is 0 Å². The second-order valence-corrected chi connectivity index (χ2v) is 10.2. The number of nitrogens with zero attached hydrogens (tertiary/aromatic N) is 1. The maximum absolute atomic E-state index is 13.5. The Hall–Kier alpha value is -5.18. The van der Waals surface area contributed by atoms with E-state index in [0.29, 0.717) is 17.5 Å². The van der Waals surface area contributed by atoms with Crippen LogP contribution >= 0.6 is 0 Å². The summed E-state index contributed by atoms with van der Waals surface area (Å²) < 4.78 is 0. The average Bonchev–Trinajstić information content (AvgIpc) is 3.00. The van der Waals surface area contributed by atoms with E-state index in [9.17, 15) is 34.2 Å². The molecular formula is C29H38N8O7. The topological polar surface area (TPSA) is 250 Å². The zero-order valence-corrected chi connectivity index (χ0v) is 24.0. The summed E-state index contributed by atoms with van der Waals surface area (Å²) in [6, 6.07) is 9.75. The number of nitrogens with one attached hydrogen (secondary N) is 5. The van der Waals surface area contributed by atoms with Crippen molar-refractivity contribution in [3.63, 3.8) is 0 Å². The molecule has 0 saturated carbocycles. The maximum Gasteiger partial charge on any atom is 0.245 e. The second-order valence-electron chi connectivity index (χ2n) is 10.2. The number of carbonyl (C=O) groups excluding carboxylic acids is 5. The number of amides is 5. The third kappa shape index (κ3) is 10.6. The largest absolute Gasteiger partial charge is 0.508 e. The van der Waals surface area contributed by atoms with Gasteiger partial charge in [-0.3, -0.25) is 29.0 Å². The summed E-state index contributed by atoms with van der Waals surface area (Å²) in [6.45, 7) is -1.14. The van der Waals surface area contributed by atoms with Crippen LogP contribution in [0.1, 0.15) is 24.0 Å². The first-order chi connectivity index (χ1) is 21.0. The molecule has 0 aromatic heterocycles. The fraction of sp³-hybridized carbons (Fsp3) is 0.379. The van der Waals surface area contributed by atoms with Crippen molar-refractivity contribution >= 4 is 35.5 Å². The van der Waals surface area contributed by atoms with Gasteiger partial charge in [-0.05, 0) is 36.1 Å². The van der Waals surface area contributed by atoms with Gasteiger partial charge >= 0.3 is 0 Å². The van der Waals surface area contributed by atoms with E-state index in [4.69, 9.17) is 11.5 Å². The molecule has 3 rings (SSSR count). The maximum atomic E-state index is 13.5. The molecule has 0 spiro atoms. The van der Waals surface area contributed by atoms with Crippen LogP contribution in [0.25, 0.3) is 0 Å². The number of aliphatic imine (C=N–C) groups is 1. The molecular weight excluding hydrogens is 572 g/mol. The van der Waals surface area contributed by atoms with Crippen molar-refractivity contribution < 1.29 is 34.2 Å². The van der Waals surface area contributed by atoms with E-state index in [1.54, 1.807) is 42.5 Å². The number of phenols is 1. The third-order valence-corrected chi connectivity index (χ3v) is 6.76. The predicted octanol–water partition coefficient (Wildman–Crippen LogP) is -2.71. The lowest BCUT2D eigenvalue weighted by molar-refractivity contribution is -0.134. The minimum Gasteiger partial charge on any atom is -0.508 e. The van der Waals surface area contributed by atoms with Crippen LogP contribution in [0, 0.1) is 0 Å². The number of aliphatic hydroxyl groups excluding tert-OH is 1. The molecule has 0 bridgehead atoms.